The van der Waals surface area contributed by atoms with Crippen molar-refractivity contribution in [1.29, 1.82) is 0 Å². The Morgan fingerprint density at radius 1 is 1.52 bits per heavy atom. The first kappa shape index (κ1) is 18.0. The first-order valence-electron chi connectivity index (χ1n) is 8.44. The van der Waals surface area contributed by atoms with Crippen molar-refractivity contribution in [3.63, 3.8) is 0 Å². The number of hydrogen-bond acceptors (Lipinski definition) is 8. The van der Waals surface area contributed by atoms with Crippen molar-refractivity contribution in [1.82, 2.24) is 24.1 Å². The summed E-state index contributed by atoms with van der Waals surface area (Å²) in [7, 11) is 0. The summed E-state index contributed by atoms with van der Waals surface area (Å²) in [6.45, 7) is 3.67. The quantitative estimate of drug-likeness (QED) is 0.657. The summed E-state index contributed by atoms with van der Waals surface area (Å²) >= 11 is 6.17. The van der Waals surface area contributed by atoms with E-state index in [0.717, 1.165) is 17.8 Å². The van der Waals surface area contributed by atoms with Gasteiger partial charge in [-0.15, -0.1) is 0 Å². The van der Waals surface area contributed by atoms with Crippen molar-refractivity contribution in [3.05, 3.63) is 44.6 Å². The SMILES string of the molecule is CC[C@@H]1C[C@@H](OC(=S)n2ccnc2)[C@H](n2c(=O)sc3c(=O)[nH]c(C)nc32)O1. The number of hydrogen-bond donors (Lipinski definition) is 1. The molecule has 1 saturated heterocycles. The molecule has 0 saturated carbocycles. The molecule has 0 aliphatic carbocycles. The second kappa shape index (κ2) is 6.98. The van der Waals surface area contributed by atoms with Crippen LogP contribution in [-0.2, 0) is 9.47 Å². The van der Waals surface area contributed by atoms with Crippen LogP contribution in [0, 0.1) is 6.92 Å². The minimum Gasteiger partial charge on any atom is -0.462 e. The number of nitrogens with one attached hydrogen (secondary N) is 1. The van der Waals surface area contributed by atoms with Crippen LogP contribution in [0.2, 0.25) is 0 Å². The predicted octanol–water partition coefficient (Wildman–Crippen LogP) is 1.57. The van der Waals surface area contributed by atoms with Gasteiger partial charge in [-0.25, -0.2) is 9.97 Å². The monoisotopic (exact) mass is 407 g/mol. The molecule has 1 aliphatic rings. The van der Waals surface area contributed by atoms with Crippen LogP contribution in [0.3, 0.4) is 0 Å². The maximum Gasteiger partial charge on any atom is 0.311 e. The van der Waals surface area contributed by atoms with Gasteiger partial charge in [0.1, 0.15) is 23.0 Å². The van der Waals surface area contributed by atoms with Gasteiger partial charge in [-0.05, 0) is 25.6 Å². The van der Waals surface area contributed by atoms with Crippen molar-refractivity contribution in [2.75, 3.05) is 0 Å². The summed E-state index contributed by atoms with van der Waals surface area (Å²) in [6.07, 6.45) is 4.87. The maximum atomic E-state index is 12.6. The van der Waals surface area contributed by atoms with E-state index < -0.39 is 12.3 Å². The summed E-state index contributed by atoms with van der Waals surface area (Å²) in [5.41, 5.74) is -0.0371. The summed E-state index contributed by atoms with van der Waals surface area (Å²) in [4.78, 5) is 35.4. The van der Waals surface area contributed by atoms with Crippen LogP contribution in [-0.4, -0.2) is 41.5 Å². The Hall–Kier alpha value is -2.37. The molecule has 4 heterocycles. The number of thiocarbonyl (C=S) groups is 1. The number of H-pyrrole nitrogens is 1. The van der Waals surface area contributed by atoms with Crippen LogP contribution in [0.1, 0.15) is 31.8 Å². The molecule has 3 aromatic rings. The highest BCUT2D eigenvalue weighted by Gasteiger charge is 2.40. The van der Waals surface area contributed by atoms with E-state index in [-0.39, 0.29) is 26.4 Å². The van der Waals surface area contributed by atoms with Gasteiger partial charge in [0, 0.05) is 18.8 Å². The molecule has 142 valence electrons. The number of ether oxygens (including phenoxy) is 2. The molecule has 1 N–H and O–H groups in total. The summed E-state index contributed by atoms with van der Waals surface area (Å²) < 4.78 is 15.3. The maximum absolute atomic E-state index is 12.6. The number of aromatic amines is 1. The first-order chi connectivity index (χ1) is 13.0. The molecule has 0 spiro atoms. The third-order valence-corrected chi connectivity index (χ3v) is 5.66. The van der Waals surface area contributed by atoms with Gasteiger partial charge < -0.3 is 14.5 Å². The van der Waals surface area contributed by atoms with Crippen molar-refractivity contribution in [3.8, 4) is 0 Å². The molecule has 3 aromatic heterocycles. The Morgan fingerprint density at radius 3 is 3.04 bits per heavy atom. The van der Waals surface area contributed by atoms with Gasteiger partial charge in [0.05, 0.1) is 6.10 Å². The fraction of sp³-hybridized carbons (Fsp3) is 0.438. The van der Waals surface area contributed by atoms with Gasteiger partial charge in [-0.3, -0.25) is 18.7 Å². The van der Waals surface area contributed by atoms with Crippen LogP contribution in [0.25, 0.3) is 10.3 Å². The smallest absolute Gasteiger partial charge is 0.311 e. The lowest BCUT2D eigenvalue weighted by Gasteiger charge is -2.21. The largest absolute Gasteiger partial charge is 0.462 e. The van der Waals surface area contributed by atoms with E-state index >= 15 is 0 Å². The number of aromatic nitrogens is 5. The van der Waals surface area contributed by atoms with E-state index in [2.05, 4.69) is 15.0 Å². The fourth-order valence-corrected chi connectivity index (χ4v) is 4.21. The Morgan fingerprint density at radius 2 is 2.33 bits per heavy atom. The molecule has 0 amide bonds. The van der Waals surface area contributed by atoms with Gasteiger partial charge in [0.25, 0.3) is 10.7 Å². The molecule has 3 atom stereocenters. The molecule has 1 aliphatic heterocycles. The molecule has 1 fully saturated rings. The molecular weight excluding hydrogens is 390 g/mol. The zero-order valence-corrected chi connectivity index (χ0v) is 16.2. The Labute approximate surface area is 162 Å². The zero-order chi connectivity index (χ0) is 19.1. The topological polar surface area (TPSA) is 104 Å². The van der Waals surface area contributed by atoms with Crippen LogP contribution in [0.15, 0.2) is 28.3 Å². The van der Waals surface area contributed by atoms with Crippen LogP contribution >= 0.6 is 23.6 Å². The third kappa shape index (κ3) is 3.22. The van der Waals surface area contributed by atoms with Gasteiger partial charge in [-0.2, -0.15) is 0 Å². The lowest BCUT2D eigenvalue weighted by Crippen LogP contribution is -2.31. The van der Waals surface area contributed by atoms with Gasteiger partial charge in [0.2, 0.25) is 0 Å². The summed E-state index contributed by atoms with van der Waals surface area (Å²) in [5.74, 6) is 0.426. The molecule has 27 heavy (non-hydrogen) atoms. The number of rotatable bonds is 3. The second-order valence-electron chi connectivity index (χ2n) is 6.23. The molecular formula is C16H17N5O4S2. The third-order valence-electron chi connectivity index (χ3n) is 4.41. The fourth-order valence-electron chi connectivity index (χ4n) is 3.13. The minimum atomic E-state index is -0.716. The summed E-state index contributed by atoms with van der Waals surface area (Å²) in [5, 5.41) is 0.220. The van der Waals surface area contributed by atoms with Crippen molar-refractivity contribution >= 4 is 39.1 Å². The van der Waals surface area contributed by atoms with Crippen LogP contribution in [0.4, 0.5) is 0 Å². The van der Waals surface area contributed by atoms with E-state index in [4.69, 9.17) is 21.7 Å². The lowest BCUT2D eigenvalue weighted by atomic mass is 10.1. The number of nitrogens with zero attached hydrogens (tertiary/aromatic N) is 4. The highest BCUT2D eigenvalue weighted by atomic mass is 32.1. The zero-order valence-electron chi connectivity index (χ0n) is 14.6. The number of aryl methyl sites for hydroxylation is 1. The molecule has 0 radical (unpaired) electrons. The second-order valence-corrected chi connectivity index (χ2v) is 7.54. The average molecular weight is 407 g/mol. The predicted molar refractivity (Wildman–Crippen MR) is 103 cm³/mol. The van der Waals surface area contributed by atoms with Crippen LogP contribution in [0.5, 0.6) is 0 Å². The van der Waals surface area contributed by atoms with Crippen molar-refractivity contribution in [2.24, 2.45) is 0 Å². The molecule has 11 heteroatoms. The minimum absolute atomic E-state index is 0.0875. The molecule has 9 nitrogen and oxygen atoms in total. The van der Waals surface area contributed by atoms with Crippen LogP contribution < -0.4 is 10.4 Å². The van der Waals surface area contributed by atoms with Gasteiger partial charge in [0.15, 0.2) is 11.9 Å². The number of fused-ring (bicyclic) bond motifs is 1. The average Bonchev–Trinajstić information content (AvgIpc) is 3.33. The van der Waals surface area contributed by atoms with Gasteiger partial charge >= 0.3 is 4.87 Å². The van der Waals surface area contributed by atoms with E-state index in [1.807, 2.05) is 6.92 Å². The van der Waals surface area contributed by atoms with E-state index in [9.17, 15) is 9.59 Å². The van der Waals surface area contributed by atoms with E-state index in [0.29, 0.717) is 17.9 Å². The Bertz CT molecular complexity index is 1100. The standard InChI is InChI=1S/C16H17N5O4S2/c1-3-9-6-10(25-16(26)20-5-4-17-7-20)14(24-9)21-12-11(27-15(21)23)13(22)19-8(2)18-12/h4-5,7,9-10,14H,3,6H2,1-2H3,(H,18,19,22)/t9-,10-,14-/m1/s1. The highest BCUT2D eigenvalue weighted by molar-refractivity contribution is 7.80. The number of imidazole rings is 1. The van der Waals surface area contributed by atoms with Crippen molar-refractivity contribution in [2.45, 2.75) is 45.1 Å². The normalized spacial score (nSPS) is 22.4. The lowest BCUT2D eigenvalue weighted by molar-refractivity contribution is -0.0329. The highest BCUT2D eigenvalue weighted by Crippen LogP contribution is 2.34. The van der Waals surface area contributed by atoms with E-state index in [1.165, 1.54) is 4.57 Å². The molecule has 0 bridgehead atoms. The molecule has 0 unspecified atom stereocenters. The molecule has 4 rings (SSSR count). The van der Waals surface area contributed by atoms with E-state index in [1.54, 1.807) is 30.2 Å². The molecule has 0 aromatic carbocycles. The Balaban J connectivity index is 1.75. The Kier molecular flexibility index (Phi) is 4.66. The first-order valence-corrected chi connectivity index (χ1v) is 9.66. The number of thiazole rings is 1. The van der Waals surface area contributed by atoms with Gasteiger partial charge in [-0.1, -0.05) is 18.3 Å². The van der Waals surface area contributed by atoms with Crippen molar-refractivity contribution < 1.29 is 9.47 Å². The summed E-state index contributed by atoms with van der Waals surface area (Å²) in [6, 6.07) is 0.